The highest BCUT2D eigenvalue weighted by Crippen LogP contribution is 2.21. The summed E-state index contributed by atoms with van der Waals surface area (Å²) in [4.78, 5) is 22.2. The van der Waals surface area contributed by atoms with E-state index in [1.54, 1.807) is 0 Å². The number of aryl methyl sites for hydroxylation is 1. The first kappa shape index (κ1) is 17.0. The van der Waals surface area contributed by atoms with E-state index in [1.807, 2.05) is 37.3 Å². The van der Waals surface area contributed by atoms with Gasteiger partial charge >= 0.3 is 0 Å². The molecular formula is C17H16N4O3. The molecule has 2 rings (SSSR count). The predicted octanol–water partition coefficient (Wildman–Crippen LogP) is 3.08. The lowest BCUT2D eigenvalue weighted by Gasteiger charge is -2.11. The van der Waals surface area contributed by atoms with Crippen molar-refractivity contribution in [1.82, 2.24) is 0 Å². The average molecular weight is 324 g/mol. The second kappa shape index (κ2) is 7.74. The van der Waals surface area contributed by atoms with Gasteiger partial charge in [-0.2, -0.15) is 5.26 Å². The van der Waals surface area contributed by atoms with Crippen molar-refractivity contribution < 1.29 is 9.72 Å². The Labute approximate surface area is 139 Å². The van der Waals surface area contributed by atoms with Gasteiger partial charge in [0, 0.05) is 17.8 Å². The average Bonchev–Trinajstić information content (AvgIpc) is 2.60. The highest BCUT2D eigenvalue weighted by molar-refractivity contribution is 5.94. The fourth-order valence-corrected chi connectivity index (χ4v) is 2.21. The molecule has 0 atom stereocenters. The summed E-state index contributed by atoms with van der Waals surface area (Å²) in [6, 6.07) is 13.3. The Bertz CT molecular complexity index is 812. The molecule has 2 N–H and O–H groups in total. The maximum absolute atomic E-state index is 12.1. The van der Waals surface area contributed by atoms with Crippen LogP contribution in [0.1, 0.15) is 18.1 Å². The number of amides is 1. The zero-order valence-corrected chi connectivity index (χ0v) is 13.1. The largest absolute Gasteiger partial charge is 0.375 e. The summed E-state index contributed by atoms with van der Waals surface area (Å²) in [5.74, 6) is -0.266. The summed E-state index contributed by atoms with van der Waals surface area (Å²) in [5.41, 5.74) is 2.10. The van der Waals surface area contributed by atoms with Gasteiger partial charge in [-0.05, 0) is 24.1 Å². The maximum Gasteiger partial charge on any atom is 0.270 e. The van der Waals surface area contributed by atoms with Gasteiger partial charge in [0.1, 0.15) is 6.07 Å². The van der Waals surface area contributed by atoms with Crippen molar-refractivity contribution in [2.45, 2.75) is 13.3 Å². The third-order valence-electron chi connectivity index (χ3n) is 3.45. The number of para-hydroxylation sites is 1. The molecule has 0 radical (unpaired) electrons. The van der Waals surface area contributed by atoms with E-state index in [2.05, 4.69) is 10.6 Å². The lowest BCUT2D eigenvalue weighted by atomic mass is 10.1. The van der Waals surface area contributed by atoms with E-state index in [1.165, 1.54) is 18.2 Å². The van der Waals surface area contributed by atoms with Gasteiger partial charge in [-0.1, -0.05) is 25.1 Å². The number of anilines is 2. The summed E-state index contributed by atoms with van der Waals surface area (Å²) in [5, 5.41) is 25.4. The molecule has 0 aliphatic heterocycles. The first-order valence-electron chi connectivity index (χ1n) is 7.35. The molecule has 122 valence electrons. The molecule has 2 aromatic rings. The van der Waals surface area contributed by atoms with Crippen LogP contribution in [-0.4, -0.2) is 17.4 Å². The molecule has 7 heteroatoms. The van der Waals surface area contributed by atoms with Crippen molar-refractivity contribution in [3.63, 3.8) is 0 Å². The third-order valence-corrected chi connectivity index (χ3v) is 3.45. The van der Waals surface area contributed by atoms with Gasteiger partial charge in [0.15, 0.2) is 0 Å². The lowest BCUT2D eigenvalue weighted by molar-refractivity contribution is -0.384. The van der Waals surface area contributed by atoms with Crippen LogP contribution in [0.15, 0.2) is 42.5 Å². The number of nitro groups is 1. The van der Waals surface area contributed by atoms with E-state index in [0.29, 0.717) is 5.69 Å². The maximum atomic E-state index is 12.1. The second-order valence-corrected chi connectivity index (χ2v) is 5.01. The zero-order chi connectivity index (χ0) is 17.5. The number of carbonyl (C=O) groups excluding carboxylic acids is 1. The molecule has 0 saturated carbocycles. The van der Waals surface area contributed by atoms with Crippen LogP contribution in [-0.2, 0) is 11.2 Å². The van der Waals surface area contributed by atoms with Gasteiger partial charge in [-0.25, -0.2) is 0 Å². The number of rotatable bonds is 6. The number of hydrogen-bond acceptors (Lipinski definition) is 5. The van der Waals surface area contributed by atoms with Gasteiger partial charge in [0.05, 0.1) is 22.7 Å². The predicted molar refractivity (Wildman–Crippen MR) is 90.8 cm³/mol. The van der Waals surface area contributed by atoms with Crippen LogP contribution in [0, 0.1) is 21.4 Å². The molecule has 0 unspecified atom stereocenters. The van der Waals surface area contributed by atoms with Crippen LogP contribution in [0.25, 0.3) is 0 Å². The van der Waals surface area contributed by atoms with Crippen molar-refractivity contribution >= 4 is 23.0 Å². The Morgan fingerprint density at radius 2 is 2.00 bits per heavy atom. The Morgan fingerprint density at radius 1 is 1.25 bits per heavy atom. The van der Waals surface area contributed by atoms with Crippen molar-refractivity contribution in [3.8, 4) is 6.07 Å². The van der Waals surface area contributed by atoms with Crippen LogP contribution in [0.4, 0.5) is 17.1 Å². The van der Waals surface area contributed by atoms with Crippen LogP contribution in [0.3, 0.4) is 0 Å². The smallest absolute Gasteiger partial charge is 0.270 e. The molecule has 0 aliphatic carbocycles. The fourth-order valence-electron chi connectivity index (χ4n) is 2.21. The Balaban J connectivity index is 2.04. The minimum absolute atomic E-state index is 0.0511. The summed E-state index contributed by atoms with van der Waals surface area (Å²) < 4.78 is 0. The molecule has 0 spiro atoms. The Morgan fingerprint density at radius 3 is 2.67 bits per heavy atom. The lowest BCUT2D eigenvalue weighted by Crippen LogP contribution is -2.22. The van der Waals surface area contributed by atoms with E-state index >= 15 is 0 Å². The number of benzene rings is 2. The highest BCUT2D eigenvalue weighted by Gasteiger charge is 2.12. The number of nitrogens with one attached hydrogen (secondary N) is 2. The van der Waals surface area contributed by atoms with Gasteiger partial charge in [0.2, 0.25) is 5.91 Å². The van der Waals surface area contributed by atoms with E-state index in [0.717, 1.165) is 17.7 Å². The zero-order valence-electron chi connectivity index (χ0n) is 13.1. The van der Waals surface area contributed by atoms with E-state index in [4.69, 9.17) is 5.26 Å². The van der Waals surface area contributed by atoms with E-state index in [-0.39, 0.29) is 23.7 Å². The van der Waals surface area contributed by atoms with Gasteiger partial charge < -0.3 is 10.6 Å². The van der Waals surface area contributed by atoms with Crippen molar-refractivity contribution in [2.24, 2.45) is 0 Å². The number of hydrogen-bond donors (Lipinski definition) is 2. The number of nitriles is 1. The van der Waals surface area contributed by atoms with Crippen LogP contribution in [0.5, 0.6) is 0 Å². The van der Waals surface area contributed by atoms with E-state index < -0.39 is 4.92 Å². The first-order chi connectivity index (χ1) is 11.5. The minimum Gasteiger partial charge on any atom is -0.375 e. The van der Waals surface area contributed by atoms with Crippen LogP contribution >= 0.6 is 0 Å². The summed E-state index contributed by atoms with van der Waals surface area (Å²) >= 11 is 0. The van der Waals surface area contributed by atoms with Gasteiger partial charge in [-0.3, -0.25) is 14.9 Å². The summed E-state index contributed by atoms with van der Waals surface area (Å²) in [6.07, 6.45) is 0.796. The van der Waals surface area contributed by atoms with Gasteiger partial charge in [-0.15, -0.1) is 0 Å². The Kier molecular flexibility index (Phi) is 5.47. The van der Waals surface area contributed by atoms with Crippen molar-refractivity contribution in [2.75, 3.05) is 17.2 Å². The highest BCUT2D eigenvalue weighted by atomic mass is 16.6. The third kappa shape index (κ3) is 4.08. The van der Waals surface area contributed by atoms with Gasteiger partial charge in [0.25, 0.3) is 5.69 Å². The molecule has 0 aliphatic rings. The summed E-state index contributed by atoms with van der Waals surface area (Å²) in [7, 11) is 0. The molecule has 1 amide bonds. The quantitative estimate of drug-likeness (QED) is 0.627. The fraction of sp³-hybridized carbons (Fsp3) is 0.176. The Hall–Kier alpha value is -3.40. The molecule has 0 aromatic heterocycles. The normalized spacial score (nSPS) is 9.83. The minimum atomic E-state index is -0.570. The molecule has 0 bridgehead atoms. The number of nitro benzene ring substituents is 1. The second-order valence-electron chi connectivity index (χ2n) is 5.01. The monoisotopic (exact) mass is 324 g/mol. The molecule has 0 heterocycles. The first-order valence-corrected chi connectivity index (χ1v) is 7.35. The van der Waals surface area contributed by atoms with Crippen molar-refractivity contribution in [3.05, 3.63) is 63.7 Å². The number of carbonyl (C=O) groups is 1. The number of nitrogens with zero attached hydrogens (tertiary/aromatic N) is 2. The molecule has 7 nitrogen and oxygen atoms in total. The van der Waals surface area contributed by atoms with Crippen molar-refractivity contribution in [1.29, 1.82) is 5.26 Å². The molecule has 0 fully saturated rings. The molecule has 0 saturated heterocycles. The van der Waals surface area contributed by atoms with E-state index in [9.17, 15) is 14.9 Å². The standard InChI is InChI=1S/C17H16N4O3/c1-2-12-5-3-4-6-16(12)20-17(22)11-19-15-8-7-14(21(23)24)9-13(15)10-18/h3-9,19H,2,11H2,1H3,(H,20,22). The SMILES string of the molecule is CCc1ccccc1NC(=O)CNc1ccc([N+](=O)[O-])cc1C#N. The van der Waals surface area contributed by atoms with Crippen LogP contribution in [0.2, 0.25) is 0 Å². The molecule has 24 heavy (non-hydrogen) atoms. The molecular weight excluding hydrogens is 308 g/mol. The topological polar surface area (TPSA) is 108 Å². The summed E-state index contributed by atoms with van der Waals surface area (Å²) in [6.45, 7) is 1.95. The van der Waals surface area contributed by atoms with Crippen LogP contribution < -0.4 is 10.6 Å². The number of non-ortho nitro benzene ring substituents is 1. The molecule has 2 aromatic carbocycles.